The van der Waals surface area contributed by atoms with E-state index in [1.165, 1.54) is 21.7 Å². The first-order chi connectivity index (χ1) is 13.2. The smallest absolute Gasteiger partial charge is 0.126 e. The van der Waals surface area contributed by atoms with E-state index in [0.717, 1.165) is 31.7 Å². The number of likely N-dealkylation sites (N-methyl/N-ethyl adjacent to an activating group) is 1. The van der Waals surface area contributed by atoms with Gasteiger partial charge in [0.25, 0.3) is 0 Å². The van der Waals surface area contributed by atoms with Crippen LogP contribution in [0.25, 0.3) is 11.8 Å². The summed E-state index contributed by atoms with van der Waals surface area (Å²) in [5.41, 5.74) is 2.73. The second-order valence-corrected chi connectivity index (χ2v) is 8.47. The second kappa shape index (κ2) is 11.3. The molecule has 1 rings (SSSR count). The Kier molecular flexibility index (Phi) is 9.81. The van der Waals surface area contributed by atoms with E-state index in [9.17, 15) is 0 Å². The fourth-order valence-electron chi connectivity index (χ4n) is 3.36. The third kappa shape index (κ3) is 6.41. The summed E-state index contributed by atoms with van der Waals surface area (Å²) in [7, 11) is 5.73. The summed E-state index contributed by atoms with van der Waals surface area (Å²) >= 11 is 0. The molecule has 3 nitrogen and oxygen atoms in total. The van der Waals surface area contributed by atoms with Gasteiger partial charge in [-0.2, -0.15) is 0 Å². The van der Waals surface area contributed by atoms with Crippen LogP contribution in [0.2, 0.25) is 0 Å². The van der Waals surface area contributed by atoms with Crippen molar-refractivity contribution < 1.29 is 9.47 Å². The van der Waals surface area contributed by atoms with Crippen LogP contribution in [0.15, 0.2) is 29.8 Å². The standard InChI is InChI=1S/C25H41NO2/c1-10-13-22-21(14-12-15-24(22)28-9)23(16-19(3)11-2)26(7)17-20(4)25(5,6)18-27-8/h12-16,20H,10-11,17-18H2,1-9H3/b19-16+,22-13-,23-21-. The number of benzene rings is 1. The van der Waals surface area contributed by atoms with Crippen LogP contribution in [-0.4, -0.2) is 39.3 Å². The van der Waals surface area contributed by atoms with Crippen molar-refractivity contribution in [1.82, 2.24) is 4.90 Å². The Hall–Kier alpha value is -1.74. The Bertz CT molecular complexity index is 761. The van der Waals surface area contributed by atoms with Gasteiger partial charge in [-0.3, -0.25) is 0 Å². The predicted molar refractivity (Wildman–Crippen MR) is 122 cm³/mol. The number of allylic oxidation sites excluding steroid dienone is 1. The highest BCUT2D eigenvalue weighted by molar-refractivity contribution is 5.58. The van der Waals surface area contributed by atoms with Crippen molar-refractivity contribution in [2.75, 3.05) is 34.4 Å². The molecule has 0 aliphatic rings. The molecule has 0 aromatic heterocycles. The van der Waals surface area contributed by atoms with E-state index in [1.807, 2.05) is 6.07 Å². The first-order valence-corrected chi connectivity index (χ1v) is 10.5. The molecule has 1 unspecified atom stereocenters. The summed E-state index contributed by atoms with van der Waals surface area (Å²) in [5.74, 6) is 1.41. The quantitative estimate of drug-likeness (QED) is 0.586. The molecule has 0 heterocycles. The first-order valence-electron chi connectivity index (χ1n) is 10.5. The number of nitrogens with zero attached hydrogens (tertiary/aromatic N) is 1. The van der Waals surface area contributed by atoms with Crippen LogP contribution in [0.5, 0.6) is 5.75 Å². The zero-order valence-corrected chi connectivity index (χ0v) is 19.6. The zero-order valence-electron chi connectivity index (χ0n) is 19.6. The molecule has 0 aliphatic heterocycles. The topological polar surface area (TPSA) is 21.7 Å². The summed E-state index contributed by atoms with van der Waals surface area (Å²) in [4.78, 5) is 2.39. The highest BCUT2D eigenvalue weighted by Gasteiger charge is 2.27. The second-order valence-electron chi connectivity index (χ2n) is 8.47. The van der Waals surface area contributed by atoms with Gasteiger partial charge in [0, 0.05) is 36.8 Å². The van der Waals surface area contributed by atoms with E-state index < -0.39 is 0 Å². The van der Waals surface area contributed by atoms with Crippen molar-refractivity contribution in [3.63, 3.8) is 0 Å². The molecule has 0 N–H and O–H groups in total. The number of hydrogen-bond donors (Lipinski definition) is 0. The van der Waals surface area contributed by atoms with Crippen molar-refractivity contribution in [2.45, 2.75) is 54.4 Å². The Balaban J connectivity index is 3.60. The van der Waals surface area contributed by atoms with Crippen LogP contribution in [0.3, 0.4) is 0 Å². The van der Waals surface area contributed by atoms with Gasteiger partial charge in [0.05, 0.1) is 13.7 Å². The lowest BCUT2D eigenvalue weighted by Crippen LogP contribution is -2.38. The maximum atomic E-state index is 5.67. The van der Waals surface area contributed by atoms with Gasteiger partial charge in [-0.05, 0) is 43.2 Å². The van der Waals surface area contributed by atoms with E-state index in [-0.39, 0.29) is 5.41 Å². The van der Waals surface area contributed by atoms with Crippen LogP contribution in [-0.2, 0) is 4.74 Å². The van der Waals surface area contributed by atoms with Crippen molar-refractivity contribution in [3.05, 3.63) is 40.3 Å². The Morgan fingerprint density at radius 3 is 2.43 bits per heavy atom. The molecular weight excluding hydrogens is 346 g/mol. The molecule has 158 valence electrons. The maximum absolute atomic E-state index is 5.67. The van der Waals surface area contributed by atoms with Crippen LogP contribution >= 0.6 is 0 Å². The van der Waals surface area contributed by atoms with Crippen molar-refractivity contribution >= 4 is 11.8 Å². The van der Waals surface area contributed by atoms with Gasteiger partial charge in [-0.1, -0.05) is 58.4 Å². The van der Waals surface area contributed by atoms with E-state index in [1.54, 1.807) is 14.2 Å². The van der Waals surface area contributed by atoms with Crippen LogP contribution in [0, 0.1) is 11.3 Å². The van der Waals surface area contributed by atoms with Gasteiger partial charge >= 0.3 is 0 Å². The molecular formula is C25H41NO2. The zero-order chi connectivity index (χ0) is 21.3. The first kappa shape index (κ1) is 24.3. The lowest BCUT2D eigenvalue weighted by atomic mass is 9.80. The van der Waals surface area contributed by atoms with Crippen molar-refractivity contribution in [1.29, 1.82) is 0 Å². The van der Waals surface area contributed by atoms with E-state index in [0.29, 0.717) is 5.92 Å². The highest BCUT2D eigenvalue weighted by atomic mass is 16.5. The van der Waals surface area contributed by atoms with E-state index in [4.69, 9.17) is 9.47 Å². The Morgan fingerprint density at radius 1 is 1.21 bits per heavy atom. The predicted octanol–water partition coefficient (Wildman–Crippen LogP) is 4.59. The van der Waals surface area contributed by atoms with Gasteiger partial charge in [-0.25, -0.2) is 0 Å². The Morgan fingerprint density at radius 2 is 1.89 bits per heavy atom. The van der Waals surface area contributed by atoms with Gasteiger partial charge in [0.1, 0.15) is 5.75 Å². The summed E-state index contributed by atoms with van der Waals surface area (Å²) in [6, 6.07) is 6.34. The SMILES string of the molecule is CC\C=c1/c(OC)ccc/c1=C(\C=C(/C)CC)N(C)CC(C)C(C)(C)COC. The lowest BCUT2D eigenvalue weighted by Gasteiger charge is -2.35. The molecule has 1 atom stereocenters. The van der Waals surface area contributed by atoms with Crippen LogP contribution in [0.1, 0.15) is 54.4 Å². The summed E-state index contributed by atoms with van der Waals surface area (Å²) < 4.78 is 11.1. The average Bonchev–Trinajstić information content (AvgIpc) is 2.66. The summed E-state index contributed by atoms with van der Waals surface area (Å²) in [6.07, 6.45) is 6.60. The number of methoxy groups -OCH3 is 2. The van der Waals surface area contributed by atoms with Crippen LogP contribution in [0.4, 0.5) is 0 Å². The highest BCUT2D eigenvalue weighted by Crippen LogP contribution is 2.28. The fraction of sp³-hybridized carbons (Fsp3) is 0.600. The maximum Gasteiger partial charge on any atom is 0.126 e. The largest absolute Gasteiger partial charge is 0.496 e. The van der Waals surface area contributed by atoms with Crippen molar-refractivity contribution in [3.8, 4) is 5.75 Å². The van der Waals surface area contributed by atoms with E-state index >= 15 is 0 Å². The fourth-order valence-corrected chi connectivity index (χ4v) is 3.36. The summed E-state index contributed by atoms with van der Waals surface area (Å²) in [5, 5.41) is 2.41. The average molecular weight is 388 g/mol. The molecule has 1 aromatic rings. The molecule has 1 aromatic carbocycles. The number of hydrogen-bond acceptors (Lipinski definition) is 3. The molecule has 3 heteroatoms. The molecule has 0 spiro atoms. The molecule has 0 radical (unpaired) electrons. The van der Waals surface area contributed by atoms with E-state index in [2.05, 4.69) is 77.8 Å². The summed E-state index contributed by atoms with van der Waals surface area (Å²) in [6.45, 7) is 15.2. The monoisotopic (exact) mass is 387 g/mol. The third-order valence-corrected chi connectivity index (χ3v) is 5.72. The lowest BCUT2D eigenvalue weighted by molar-refractivity contribution is 0.0583. The van der Waals surface area contributed by atoms with Gasteiger partial charge in [0.2, 0.25) is 0 Å². The van der Waals surface area contributed by atoms with Crippen LogP contribution < -0.4 is 15.2 Å². The molecule has 0 amide bonds. The molecule has 0 bridgehead atoms. The molecule has 0 saturated heterocycles. The van der Waals surface area contributed by atoms with Crippen molar-refractivity contribution in [2.24, 2.45) is 11.3 Å². The normalized spacial score (nSPS) is 15.5. The Labute approximate surface area is 172 Å². The van der Waals surface area contributed by atoms with Gasteiger partial charge in [0.15, 0.2) is 0 Å². The molecule has 0 aliphatic carbocycles. The number of ether oxygens (including phenoxy) is 2. The van der Waals surface area contributed by atoms with Gasteiger partial charge < -0.3 is 14.4 Å². The molecule has 0 saturated carbocycles. The minimum atomic E-state index is 0.115. The number of rotatable bonds is 10. The minimum absolute atomic E-state index is 0.115. The van der Waals surface area contributed by atoms with Gasteiger partial charge in [-0.15, -0.1) is 0 Å². The molecule has 0 fully saturated rings. The minimum Gasteiger partial charge on any atom is -0.496 e. The third-order valence-electron chi connectivity index (χ3n) is 5.72. The molecule has 28 heavy (non-hydrogen) atoms.